The first kappa shape index (κ1) is 14.7. The molecule has 2 aromatic rings. The van der Waals surface area contributed by atoms with Crippen molar-refractivity contribution in [2.24, 2.45) is 0 Å². The predicted molar refractivity (Wildman–Crippen MR) is 81.1 cm³/mol. The number of aryl methyl sites for hydroxylation is 1. The number of nitrogens with zero attached hydrogens (tertiary/aromatic N) is 1. The van der Waals surface area contributed by atoms with E-state index in [-0.39, 0.29) is 10.4 Å². The molecule has 4 heteroatoms. The summed E-state index contributed by atoms with van der Waals surface area (Å²) in [5.41, 5.74) is 2.54. The molecule has 0 saturated heterocycles. The minimum atomic E-state index is -0.430. The highest BCUT2D eigenvalue weighted by atomic mass is 79.9. The third-order valence-corrected chi connectivity index (χ3v) is 4.00. The van der Waals surface area contributed by atoms with Crippen molar-refractivity contribution in [3.8, 4) is 0 Å². The normalized spacial score (nSPS) is 10.4. The Hall–Kier alpha value is -1.68. The maximum atomic E-state index is 13.5. The second-order valence-corrected chi connectivity index (χ2v) is 5.48. The zero-order chi connectivity index (χ0) is 14.7. The zero-order valence-electron chi connectivity index (χ0n) is 11.4. The van der Waals surface area contributed by atoms with Gasteiger partial charge in [-0.2, -0.15) is 0 Å². The van der Waals surface area contributed by atoms with E-state index in [0.29, 0.717) is 12.1 Å². The Morgan fingerprint density at radius 2 is 1.90 bits per heavy atom. The predicted octanol–water partition coefficient (Wildman–Crippen LogP) is 4.17. The Balaban J connectivity index is 2.21. The minimum Gasteiger partial charge on any atom is -0.337 e. The summed E-state index contributed by atoms with van der Waals surface area (Å²) in [5.74, 6) is -0.639. The van der Waals surface area contributed by atoms with Crippen molar-refractivity contribution >= 4 is 21.8 Å². The highest BCUT2D eigenvalue weighted by Crippen LogP contribution is 2.22. The van der Waals surface area contributed by atoms with Gasteiger partial charge in [-0.1, -0.05) is 30.3 Å². The van der Waals surface area contributed by atoms with E-state index in [2.05, 4.69) is 15.9 Å². The lowest BCUT2D eigenvalue weighted by atomic mass is 10.1. The molecule has 0 aliphatic carbocycles. The van der Waals surface area contributed by atoms with Crippen molar-refractivity contribution in [1.29, 1.82) is 0 Å². The molecule has 0 aromatic heterocycles. The van der Waals surface area contributed by atoms with Gasteiger partial charge in [0, 0.05) is 13.6 Å². The van der Waals surface area contributed by atoms with Crippen LogP contribution in [0.5, 0.6) is 0 Å². The summed E-state index contributed by atoms with van der Waals surface area (Å²) in [4.78, 5) is 13.9. The molecule has 104 valence electrons. The summed E-state index contributed by atoms with van der Waals surface area (Å²) in [6, 6.07) is 12.4. The van der Waals surface area contributed by atoms with Gasteiger partial charge in [-0.05, 0) is 46.1 Å². The Bertz CT molecular complexity index is 642. The van der Waals surface area contributed by atoms with Crippen LogP contribution in [0.15, 0.2) is 46.9 Å². The van der Waals surface area contributed by atoms with Gasteiger partial charge in [-0.15, -0.1) is 0 Å². The molecule has 0 N–H and O–H groups in total. The summed E-state index contributed by atoms with van der Waals surface area (Å²) >= 11 is 3.13. The lowest BCUT2D eigenvalue weighted by molar-refractivity contribution is 0.0783. The second-order valence-electron chi connectivity index (χ2n) is 4.69. The number of benzene rings is 2. The van der Waals surface area contributed by atoms with E-state index in [0.717, 1.165) is 11.1 Å². The molecular weight excluding hydrogens is 321 g/mol. The molecule has 0 unspecified atom stereocenters. The van der Waals surface area contributed by atoms with E-state index in [9.17, 15) is 9.18 Å². The average Bonchev–Trinajstić information content (AvgIpc) is 2.43. The molecule has 0 bridgehead atoms. The van der Waals surface area contributed by atoms with Crippen LogP contribution in [0.1, 0.15) is 21.5 Å². The molecule has 0 aliphatic rings. The van der Waals surface area contributed by atoms with Crippen LogP contribution in [-0.2, 0) is 6.54 Å². The number of hydrogen-bond donors (Lipinski definition) is 0. The van der Waals surface area contributed by atoms with Gasteiger partial charge < -0.3 is 4.90 Å². The third kappa shape index (κ3) is 3.07. The maximum absolute atomic E-state index is 13.5. The standard InChI is InChI=1S/C16H15BrFNO/c1-11-6-3-4-7-12(11)10-19(2)16(20)13-8-5-9-14(18)15(13)17/h3-9H,10H2,1-2H3. The fourth-order valence-electron chi connectivity index (χ4n) is 1.99. The van der Waals surface area contributed by atoms with Crippen LogP contribution in [0.4, 0.5) is 4.39 Å². The van der Waals surface area contributed by atoms with Crippen molar-refractivity contribution in [3.05, 3.63) is 69.4 Å². The third-order valence-electron chi connectivity index (χ3n) is 3.20. The average molecular weight is 336 g/mol. The lowest BCUT2D eigenvalue weighted by Gasteiger charge is -2.19. The molecule has 0 saturated carbocycles. The van der Waals surface area contributed by atoms with Crippen LogP contribution in [0.3, 0.4) is 0 Å². The number of halogens is 2. The van der Waals surface area contributed by atoms with Crippen LogP contribution in [-0.4, -0.2) is 17.9 Å². The van der Waals surface area contributed by atoms with Crippen molar-refractivity contribution in [3.63, 3.8) is 0 Å². The Kier molecular flexibility index (Phi) is 4.55. The molecule has 0 radical (unpaired) electrons. The summed E-state index contributed by atoms with van der Waals surface area (Å²) in [7, 11) is 1.71. The molecule has 0 atom stereocenters. The fraction of sp³-hybridized carbons (Fsp3) is 0.188. The van der Waals surface area contributed by atoms with E-state index in [1.807, 2.05) is 31.2 Å². The highest BCUT2D eigenvalue weighted by molar-refractivity contribution is 9.10. The Morgan fingerprint density at radius 3 is 2.60 bits per heavy atom. The number of amides is 1. The second kappa shape index (κ2) is 6.18. The summed E-state index contributed by atoms with van der Waals surface area (Å²) in [6.07, 6.45) is 0. The minimum absolute atomic E-state index is 0.209. The van der Waals surface area contributed by atoms with Gasteiger partial charge in [-0.3, -0.25) is 4.79 Å². The number of rotatable bonds is 3. The van der Waals surface area contributed by atoms with E-state index in [4.69, 9.17) is 0 Å². The summed E-state index contributed by atoms with van der Waals surface area (Å²) in [5, 5.41) is 0. The van der Waals surface area contributed by atoms with Crippen molar-refractivity contribution in [2.75, 3.05) is 7.05 Å². The van der Waals surface area contributed by atoms with Crippen LogP contribution < -0.4 is 0 Å². The molecule has 0 heterocycles. The van der Waals surface area contributed by atoms with E-state index >= 15 is 0 Å². The van der Waals surface area contributed by atoms with Gasteiger partial charge in [0.15, 0.2) is 0 Å². The highest BCUT2D eigenvalue weighted by Gasteiger charge is 2.17. The van der Waals surface area contributed by atoms with Crippen LogP contribution in [0.25, 0.3) is 0 Å². The van der Waals surface area contributed by atoms with Gasteiger partial charge in [-0.25, -0.2) is 4.39 Å². The number of carbonyl (C=O) groups excluding carboxylic acids is 1. The van der Waals surface area contributed by atoms with Crippen LogP contribution >= 0.6 is 15.9 Å². The Labute approximate surface area is 126 Å². The van der Waals surface area contributed by atoms with E-state index in [1.165, 1.54) is 12.1 Å². The molecule has 0 aliphatic heterocycles. The van der Waals surface area contributed by atoms with Gasteiger partial charge in [0.1, 0.15) is 5.82 Å². The fourth-order valence-corrected chi connectivity index (χ4v) is 2.42. The topological polar surface area (TPSA) is 20.3 Å². The molecule has 2 aromatic carbocycles. The summed E-state index contributed by atoms with van der Waals surface area (Å²) in [6.45, 7) is 2.50. The van der Waals surface area contributed by atoms with Gasteiger partial charge in [0.05, 0.1) is 10.0 Å². The van der Waals surface area contributed by atoms with E-state index < -0.39 is 5.82 Å². The van der Waals surface area contributed by atoms with Crippen LogP contribution in [0.2, 0.25) is 0 Å². The lowest BCUT2D eigenvalue weighted by Crippen LogP contribution is -2.27. The number of carbonyl (C=O) groups is 1. The monoisotopic (exact) mass is 335 g/mol. The van der Waals surface area contributed by atoms with Gasteiger partial charge in [0.25, 0.3) is 5.91 Å². The van der Waals surface area contributed by atoms with Gasteiger partial charge in [0.2, 0.25) is 0 Å². The van der Waals surface area contributed by atoms with Crippen LogP contribution in [0, 0.1) is 12.7 Å². The molecule has 2 nitrogen and oxygen atoms in total. The summed E-state index contributed by atoms with van der Waals surface area (Å²) < 4.78 is 13.7. The molecule has 0 fully saturated rings. The van der Waals surface area contributed by atoms with E-state index in [1.54, 1.807) is 18.0 Å². The largest absolute Gasteiger partial charge is 0.337 e. The first-order chi connectivity index (χ1) is 9.50. The van der Waals surface area contributed by atoms with Crippen molar-refractivity contribution < 1.29 is 9.18 Å². The molecule has 20 heavy (non-hydrogen) atoms. The smallest absolute Gasteiger partial charge is 0.255 e. The van der Waals surface area contributed by atoms with Crippen molar-refractivity contribution in [2.45, 2.75) is 13.5 Å². The molecule has 2 rings (SSSR count). The quantitative estimate of drug-likeness (QED) is 0.824. The SMILES string of the molecule is Cc1ccccc1CN(C)C(=O)c1cccc(F)c1Br. The first-order valence-corrected chi connectivity index (χ1v) is 7.04. The first-order valence-electron chi connectivity index (χ1n) is 6.24. The van der Waals surface area contributed by atoms with Crippen molar-refractivity contribution in [1.82, 2.24) is 4.90 Å². The van der Waals surface area contributed by atoms with Gasteiger partial charge >= 0.3 is 0 Å². The molecule has 0 spiro atoms. The Morgan fingerprint density at radius 1 is 1.20 bits per heavy atom. The molecular formula is C16H15BrFNO. The maximum Gasteiger partial charge on any atom is 0.255 e. The number of hydrogen-bond acceptors (Lipinski definition) is 1. The zero-order valence-corrected chi connectivity index (χ0v) is 12.9. The molecule has 1 amide bonds.